The van der Waals surface area contributed by atoms with Crippen LogP contribution < -0.4 is 0 Å². The summed E-state index contributed by atoms with van der Waals surface area (Å²) in [7, 11) is 3.60. The number of aryl methyl sites for hydroxylation is 1. The SMILES string of the molecule is CO/N=C1\CC(C)Sc2nc(C)n(C)c21. The second kappa shape index (κ2) is 3.89. The first-order valence-corrected chi connectivity index (χ1v) is 5.81. The molecule has 2 heterocycles. The number of hydrogen-bond donors (Lipinski definition) is 0. The maximum Gasteiger partial charge on any atom is 0.124 e. The molecule has 0 saturated heterocycles. The van der Waals surface area contributed by atoms with E-state index in [4.69, 9.17) is 4.84 Å². The van der Waals surface area contributed by atoms with Gasteiger partial charge in [-0.1, -0.05) is 12.1 Å². The van der Waals surface area contributed by atoms with Crippen molar-refractivity contribution >= 4 is 17.5 Å². The number of fused-ring (bicyclic) bond motifs is 1. The Morgan fingerprint density at radius 1 is 1.60 bits per heavy atom. The number of nitrogens with zero attached hydrogens (tertiary/aromatic N) is 3. The van der Waals surface area contributed by atoms with Crippen LogP contribution >= 0.6 is 11.8 Å². The van der Waals surface area contributed by atoms with E-state index in [1.807, 2.05) is 25.7 Å². The predicted molar refractivity (Wildman–Crippen MR) is 61.4 cm³/mol. The minimum atomic E-state index is 0.515. The standard InChI is InChI=1S/C10H15N3OS/c1-6-5-8(12-14-4)9-10(15-6)11-7(2)13(9)3/h6H,5H2,1-4H3/b12-8+. The molecule has 5 heteroatoms. The molecule has 1 aromatic heterocycles. The van der Waals surface area contributed by atoms with Gasteiger partial charge >= 0.3 is 0 Å². The molecule has 1 aromatic rings. The van der Waals surface area contributed by atoms with E-state index in [9.17, 15) is 0 Å². The maximum absolute atomic E-state index is 4.89. The van der Waals surface area contributed by atoms with Crippen LogP contribution in [0.25, 0.3) is 0 Å². The second-order valence-corrected chi connectivity index (χ2v) is 5.15. The second-order valence-electron chi connectivity index (χ2n) is 3.72. The van der Waals surface area contributed by atoms with E-state index in [1.165, 1.54) is 0 Å². The van der Waals surface area contributed by atoms with E-state index in [2.05, 4.69) is 21.6 Å². The van der Waals surface area contributed by atoms with Crippen LogP contribution in [0.5, 0.6) is 0 Å². The molecule has 1 aliphatic heterocycles. The van der Waals surface area contributed by atoms with Crippen molar-refractivity contribution < 1.29 is 4.84 Å². The van der Waals surface area contributed by atoms with Crippen LogP contribution in [0.3, 0.4) is 0 Å². The van der Waals surface area contributed by atoms with Crippen molar-refractivity contribution in [2.75, 3.05) is 7.11 Å². The lowest BCUT2D eigenvalue weighted by Crippen LogP contribution is -2.18. The molecule has 1 aliphatic rings. The molecule has 82 valence electrons. The van der Waals surface area contributed by atoms with Gasteiger partial charge in [-0.3, -0.25) is 0 Å². The van der Waals surface area contributed by atoms with E-state index in [0.29, 0.717) is 5.25 Å². The summed E-state index contributed by atoms with van der Waals surface area (Å²) in [5.74, 6) is 1.02. The zero-order chi connectivity index (χ0) is 11.0. The van der Waals surface area contributed by atoms with Gasteiger partial charge in [0.1, 0.15) is 23.7 Å². The summed E-state index contributed by atoms with van der Waals surface area (Å²) in [4.78, 5) is 9.41. The van der Waals surface area contributed by atoms with Crippen LogP contribution in [0.4, 0.5) is 0 Å². The van der Waals surface area contributed by atoms with Gasteiger partial charge in [-0.05, 0) is 6.92 Å². The van der Waals surface area contributed by atoms with E-state index in [0.717, 1.165) is 28.7 Å². The van der Waals surface area contributed by atoms with E-state index >= 15 is 0 Å². The summed E-state index contributed by atoms with van der Waals surface area (Å²) >= 11 is 1.81. The summed E-state index contributed by atoms with van der Waals surface area (Å²) < 4.78 is 2.08. The number of aromatic nitrogens is 2. The Morgan fingerprint density at radius 3 is 3.00 bits per heavy atom. The van der Waals surface area contributed by atoms with Crippen molar-refractivity contribution in [1.29, 1.82) is 0 Å². The minimum absolute atomic E-state index is 0.515. The quantitative estimate of drug-likeness (QED) is 0.686. The lowest BCUT2D eigenvalue weighted by atomic mass is 10.1. The van der Waals surface area contributed by atoms with Gasteiger partial charge in [0.15, 0.2) is 0 Å². The highest BCUT2D eigenvalue weighted by atomic mass is 32.2. The van der Waals surface area contributed by atoms with Crippen molar-refractivity contribution in [2.45, 2.75) is 30.5 Å². The average molecular weight is 225 g/mol. The van der Waals surface area contributed by atoms with Gasteiger partial charge in [0, 0.05) is 18.7 Å². The van der Waals surface area contributed by atoms with Gasteiger partial charge in [0.05, 0.1) is 5.69 Å². The molecule has 0 N–H and O–H groups in total. The molecule has 2 rings (SSSR count). The molecule has 1 atom stereocenters. The van der Waals surface area contributed by atoms with E-state index < -0.39 is 0 Å². The third kappa shape index (κ3) is 1.76. The van der Waals surface area contributed by atoms with Crippen LogP contribution in [0.15, 0.2) is 10.2 Å². The molecular weight excluding hydrogens is 210 g/mol. The van der Waals surface area contributed by atoms with E-state index in [-0.39, 0.29) is 0 Å². The third-order valence-electron chi connectivity index (χ3n) is 2.56. The fraction of sp³-hybridized carbons (Fsp3) is 0.600. The molecule has 0 spiro atoms. The topological polar surface area (TPSA) is 39.4 Å². The summed E-state index contributed by atoms with van der Waals surface area (Å²) in [5, 5.41) is 5.68. The zero-order valence-corrected chi connectivity index (χ0v) is 10.3. The van der Waals surface area contributed by atoms with Gasteiger partial charge in [-0.2, -0.15) is 0 Å². The molecular formula is C10H15N3OS. The highest BCUT2D eigenvalue weighted by molar-refractivity contribution is 8.00. The summed E-state index contributed by atoms with van der Waals surface area (Å²) in [6.07, 6.45) is 0.935. The zero-order valence-electron chi connectivity index (χ0n) is 9.44. The lowest BCUT2D eigenvalue weighted by molar-refractivity contribution is 0.212. The van der Waals surface area contributed by atoms with Gasteiger partial charge in [0.2, 0.25) is 0 Å². The fourth-order valence-electron chi connectivity index (χ4n) is 1.77. The number of imidazole rings is 1. The monoisotopic (exact) mass is 225 g/mol. The first kappa shape index (κ1) is 10.5. The van der Waals surface area contributed by atoms with Gasteiger partial charge in [-0.25, -0.2) is 4.98 Å². The highest BCUT2D eigenvalue weighted by Gasteiger charge is 2.27. The van der Waals surface area contributed by atoms with Gasteiger partial charge in [-0.15, -0.1) is 11.8 Å². The molecule has 1 unspecified atom stereocenters. The maximum atomic E-state index is 4.89. The Balaban J connectivity index is 2.53. The van der Waals surface area contributed by atoms with E-state index in [1.54, 1.807) is 7.11 Å². The Hall–Kier alpha value is -0.970. The Labute approximate surface area is 93.7 Å². The van der Waals surface area contributed by atoms with Gasteiger partial charge < -0.3 is 9.40 Å². The highest BCUT2D eigenvalue weighted by Crippen LogP contribution is 2.34. The smallest absolute Gasteiger partial charge is 0.124 e. The molecule has 0 amide bonds. The van der Waals surface area contributed by atoms with Crippen molar-refractivity contribution in [3.63, 3.8) is 0 Å². The molecule has 0 radical (unpaired) electrons. The lowest BCUT2D eigenvalue weighted by Gasteiger charge is -2.19. The minimum Gasteiger partial charge on any atom is -0.399 e. The van der Waals surface area contributed by atoms with Crippen molar-refractivity contribution in [2.24, 2.45) is 12.2 Å². The van der Waals surface area contributed by atoms with Crippen molar-refractivity contribution in [1.82, 2.24) is 9.55 Å². The number of hydrogen-bond acceptors (Lipinski definition) is 4. The third-order valence-corrected chi connectivity index (χ3v) is 3.63. The summed E-state index contributed by atoms with van der Waals surface area (Å²) in [6.45, 7) is 4.19. The summed E-state index contributed by atoms with van der Waals surface area (Å²) in [6, 6.07) is 0. The van der Waals surface area contributed by atoms with Crippen molar-refractivity contribution in [3.05, 3.63) is 11.5 Å². The number of thioether (sulfide) groups is 1. The normalized spacial score (nSPS) is 22.9. The number of oxime groups is 1. The first-order valence-electron chi connectivity index (χ1n) is 4.94. The van der Waals surface area contributed by atoms with Gasteiger partial charge in [0.25, 0.3) is 0 Å². The molecule has 0 bridgehead atoms. The first-order chi connectivity index (χ1) is 7.13. The molecule has 4 nitrogen and oxygen atoms in total. The molecule has 15 heavy (non-hydrogen) atoms. The Kier molecular flexibility index (Phi) is 2.73. The van der Waals surface area contributed by atoms with Crippen LogP contribution in [0.1, 0.15) is 24.9 Å². The van der Waals surface area contributed by atoms with Crippen molar-refractivity contribution in [3.8, 4) is 0 Å². The molecule has 0 saturated carbocycles. The predicted octanol–water partition coefficient (Wildman–Crippen LogP) is 1.96. The Bertz CT molecular complexity index is 411. The van der Waals surface area contributed by atoms with Crippen LogP contribution in [0, 0.1) is 6.92 Å². The van der Waals surface area contributed by atoms with Crippen LogP contribution in [-0.2, 0) is 11.9 Å². The molecule has 0 fully saturated rings. The average Bonchev–Trinajstić information content (AvgIpc) is 2.42. The molecule has 0 aromatic carbocycles. The Morgan fingerprint density at radius 2 is 2.33 bits per heavy atom. The largest absolute Gasteiger partial charge is 0.399 e. The summed E-state index contributed by atoms with van der Waals surface area (Å²) in [5.41, 5.74) is 2.11. The van der Waals surface area contributed by atoms with Crippen LogP contribution in [-0.4, -0.2) is 27.6 Å². The van der Waals surface area contributed by atoms with Crippen LogP contribution in [0.2, 0.25) is 0 Å². The fourth-order valence-corrected chi connectivity index (χ4v) is 2.94. The molecule has 0 aliphatic carbocycles. The number of rotatable bonds is 1.